The molecule has 3 aromatic rings. The van der Waals surface area contributed by atoms with E-state index in [1.54, 1.807) is 7.11 Å². The van der Waals surface area contributed by atoms with Crippen LogP contribution in [0.15, 0.2) is 54.7 Å². The molecular formula is C31H36N2O3. The number of benzene rings is 2. The van der Waals surface area contributed by atoms with E-state index in [9.17, 15) is 9.90 Å². The van der Waals surface area contributed by atoms with Gasteiger partial charge in [0.15, 0.2) is 0 Å². The molecule has 188 valence electrons. The van der Waals surface area contributed by atoms with Crippen molar-refractivity contribution in [2.45, 2.75) is 45.4 Å². The van der Waals surface area contributed by atoms with Crippen LogP contribution < -0.4 is 4.74 Å². The van der Waals surface area contributed by atoms with E-state index in [-0.39, 0.29) is 6.42 Å². The maximum Gasteiger partial charge on any atom is 0.303 e. The zero-order valence-electron chi connectivity index (χ0n) is 21.4. The summed E-state index contributed by atoms with van der Waals surface area (Å²) in [4.78, 5) is 18.2. The summed E-state index contributed by atoms with van der Waals surface area (Å²) in [6.07, 6.45) is 7.13. The van der Waals surface area contributed by atoms with Gasteiger partial charge < -0.3 is 9.84 Å². The Labute approximate surface area is 214 Å². The standard InChI is InChI=1S/C31H36N2O3/c1-23-8-10-24(11-9-23)5-4-19-33-20-17-25(27(22-33)12-15-31(34)35)6-3-7-26-16-18-32-30-14-13-28(36-2)21-29(26)30/h8-11,13-14,16,18,21,25,27H,3,6-7,12,15,17,19-20,22H2,1-2H3,(H,34,35)/t25-,27+/m1/s1. The predicted molar refractivity (Wildman–Crippen MR) is 144 cm³/mol. The number of carbonyl (C=O) groups is 1. The molecule has 0 saturated carbocycles. The van der Waals surface area contributed by atoms with Gasteiger partial charge in [-0.1, -0.05) is 29.5 Å². The van der Waals surface area contributed by atoms with Crippen molar-refractivity contribution in [1.29, 1.82) is 0 Å². The van der Waals surface area contributed by atoms with Gasteiger partial charge in [-0.05, 0) is 99.4 Å². The lowest BCUT2D eigenvalue weighted by molar-refractivity contribution is -0.137. The van der Waals surface area contributed by atoms with Gasteiger partial charge in [0.25, 0.3) is 0 Å². The summed E-state index contributed by atoms with van der Waals surface area (Å²) in [5.74, 6) is 7.68. The van der Waals surface area contributed by atoms with Crippen LogP contribution in [0.3, 0.4) is 0 Å². The summed E-state index contributed by atoms with van der Waals surface area (Å²) in [5, 5.41) is 10.5. The van der Waals surface area contributed by atoms with Gasteiger partial charge in [0.2, 0.25) is 0 Å². The first-order valence-corrected chi connectivity index (χ1v) is 12.9. The monoisotopic (exact) mass is 484 g/mol. The van der Waals surface area contributed by atoms with Crippen LogP contribution in [0.4, 0.5) is 0 Å². The first-order valence-electron chi connectivity index (χ1n) is 12.9. The topological polar surface area (TPSA) is 62.7 Å². The fraction of sp³-hybridized carbons (Fsp3) is 0.419. The number of hydrogen-bond donors (Lipinski definition) is 1. The summed E-state index contributed by atoms with van der Waals surface area (Å²) in [6, 6.07) is 16.4. The number of carboxylic acids is 1. The fourth-order valence-electron chi connectivity index (χ4n) is 5.29. The Balaban J connectivity index is 1.35. The zero-order chi connectivity index (χ0) is 25.3. The molecule has 2 aromatic carbocycles. The molecule has 5 nitrogen and oxygen atoms in total. The second-order valence-corrected chi connectivity index (χ2v) is 9.89. The quantitative estimate of drug-likeness (QED) is 0.393. The van der Waals surface area contributed by atoms with Crippen LogP contribution in [-0.4, -0.2) is 47.7 Å². The molecule has 0 radical (unpaired) electrons. The third-order valence-corrected chi connectivity index (χ3v) is 7.35. The maximum atomic E-state index is 11.3. The Hall–Kier alpha value is -3.36. The van der Waals surface area contributed by atoms with Gasteiger partial charge in [-0.25, -0.2) is 0 Å². The number of fused-ring (bicyclic) bond motifs is 1. The van der Waals surface area contributed by atoms with E-state index in [0.717, 1.165) is 74.0 Å². The van der Waals surface area contributed by atoms with Gasteiger partial charge >= 0.3 is 5.97 Å². The Morgan fingerprint density at radius 2 is 1.97 bits per heavy atom. The van der Waals surface area contributed by atoms with Gasteiger partial charge in [0.1, 0.15) is 5.75 Å². The summed E-state index contributed by atoms with van der Waals surface area (Å²) in [6.45, 7) is 4.76. The number of rotatable bonds is 9. The highest BCUT2D eigenvalue weighted by Gasteiger charge is 2.28. The van der Waals surface area contributed by atoms with E-state index in [2.05, 4.69) is 65.0 Å². The van der Waals surface area contributed by atoms with Gasteiger partial charge in [-0.15, -0.1) is 0 Å². The lowest BCUT2D eigenvalue weighted by atomic mass is 9.79. The largest absolute Gasteiger partial charge is 0.497 e. The highest BCUT2D eigenvalue weighted by molar-refractivity contribution is 5.83. The Morgan fingerprint density at radius 1 is 1.14 bits per heavy atom. The second-order valence-electron chi connectivity index (χ2n) is 9.89. The molecule has 2 atom stereocenters. The lowest BCUT2D eigenvalue weighted by Gasteiger charge is -2.38. The number of aryl methyl sites for hydroxylation is 2. The molecule has 0 unspecified atom stereocenters. The highest BCUT2D eigenvalue weighted by Crippen LogP contribution is 2.32. The van der Waals surface area contributed by atoms with Crippen molar-refractivity contribution >= 4 is 16.9 Å². The Bertz CT molecular complexity index is 1230. The van der Waals surface area contributed by atoms with Crippen molar-refractivity contribution in [2.24, 2.45) is 11.8 Å². The minimum atomic E-state index is -0.706. The molecule has 4 rings (SSSR count). The van der Waals surface area contributed by atoms with Crippen LogP contribution in [0.25, 0.3) is 10.9 Å². The third-order valence-electron chi connectivity index (χ3n) is 7.35. The molecule has 36 heavy (non-hydrogen) atoms. The third kappa shape index (κ3) is 7.08. The molecule has 2 heterocycles. The number of aromatic nitrogens is 1. The SMILES string of the molecule is COc1ccc2nccc(CCC[C@@H]3CCN(CC#Cc4ccc(C)cc4)C[C@@H]3CCC(=O)O)c2c1. The molecule has 0 bridgehead atoms. The molecule has 1 saturated heterocycles. The summed E-state index contributed by atoms with van der Waals surface area (Å²) in [5.41, 5.74) is 4.57. The molecule has 0 amide bonds. The number of methoxy groups -OCH3 is 1. The molecule has 0 aliphatic carbocycles. The summed E-state index contributed by atoms with van der Waals surface area (Å²) >= 11 is 0. The van der Waals surface area contributed by atoms with Gasteiger partial charge in [0.05, 0.1) is 19.2 Å². The van der Waals surface area contributed by atoms with E-state index >= 15 is 0 Å². The molecular weight excluding hydrogens is 448 g/mol. The first kappa shape index (κ1) is 25.7. The van der Waals surface area contributed by atoms with E-state index < -0.39 is 5.97 Å². The molecule has 1 N–H and O–H groups in total. The maximum absolute atomic E-state index is 11.3. The molecule has 1 aliphatic heterocycles. The second kappa shape index (κ2) is 12.6. The summed E-state index contributed by atoms with van der Waals surface area (Å²) in [7, 11) is 1.69. The summed E-state index contributed by atoms with van der Waals surface area (Å²) < 4.78 is 5.42. The average Bonchev–Trinajstić information content (AvgIpc) is 2.89. The van der Waals surface area contributed by atoms with Crippen molar-refractivity contribution < 1.29 is 14.6 Å². The number of hydrogen-bond acceptors (Lipinski definition) is 4. The van der Waals surface area contributed by atoms with E-state index in [4.69, 9.17) is 4.74 Å². The molecule has 0 spiro atoms. The zero-order valence-corrected chi connectivity index (χ0v) is 21.4. The molecule has 1 aromatic heterocycles. The number of carboxylic acid groups (broad SMARTS) is 1. The fourth-order valence-corrected chi connectivity index (χ4v) is 5.29. The van der Waals surface area contributed by atoms with Crippen molar-refractivity contribution in [3.8, 4) is 17.6 Å². The van der Waals surface area contributed by atoms with Crippen molar-refractivity contribution in [3.63, 3.8) is 0 Å². The van der Waals surface area contributed by atoms with Crippen LogP contribution in [0.5, 0.6) is 5.75 Å². The number of piperidine rings is 1. The number of ether oxygens (including phenoxy) is 1. The van der Waals surface area contributed by atoms with Crippen molar-refractivity contribution in [3.05, 3.63) is 71.4 Å². The highest BCUT2D eigenvalue weighted by atomic mass is 16.5. The number of likely N-dealkylation sites (tertiary alicyclic amines) is 1. The average molecular weight is 485 g/mol. The predicted octanol–water partition coefficient (Wildman–Crippen LogP) is 5.73. The van der Waals surface area contributed by atoms with Crippen LogP contribution in [0.1, 0.15) is 48.8 Å². The molecule has 1 fully saturated rings. The van der Waals surface area contributed by atoms with Gasteiger partial charge in [-0.2, -0.15) is 0 Å². The lowest BCUT2D eigenvalue weighted by Crippen LogP contribution is -2.41. The Morgan fingerprint density at radius 3 is 2.75 bits per heavy atom. The van der Waals surface area contributed by atoms with Gasteiger partial charge in [-0.3, -0.25) is 14.7 Å². The van der Waals surface area contributed by atoms with Crippen LogP contribution in [0.2, 0.25) is 0 Å². The van der Waals surface area contributed by atoms with Crippen molar-refractivity contribution in [1.82, 2.24) is 9.88 Å². The smallest absolute Gasteiger partial charge is 0.303 e. The van der Waals surface area contributed by atoms with Gasteiger partial charge in [0, 0.05) is 30.1 Å². The number of nitrogens with zero attached hydrogens (tertiary/aromatic N) is 2. The normalized spacial score (nSPS) is 17.9. The van der Waals surface area contributed by atoms with Crippen LogP contribution in [0, 0.1) is 30.6 Å². The first-order chi connectivity index (χ1) is 17.5. The minimum Gasteiger partial charge on any atom is -0.497 e. The van der Waals surface area contributed by atoms with E-state index in [1.165, 1.54) is 11.1 Å². The number of aliphatic carboxylic acids is 1. The van der Waals surface area contributed by atoms with Crippen molar-refractivity contribution in [2.75, 3.05) is 26.7 Å². The van der Waals surface area contributed by atoms with Crippen LogP contribution >= 0.6 is 0 Å². The molecule has 1 aliphatic rings. The Kier molecular flexibility index (Phi) is 8.97. The number of pyridine rings is 1. The van der Waals surface area contributed by atoms with E-state index in [1.807, 2.05) is 18.3 Å². The van der Waals surface area contributed by atoms with Crippen LogP contribution in [-0.2, 0) is 11.2 Å². The minimum absolute atomic E-state index is 0.235. The molecule has 5 heteroatoms. The van der Waals surface area contributed by atoms with E-state index in [0.29, 0.717) is 11.8 Å².